The third kappa shape index (κ3) is 2.29. The van der Waals surface area contributed by atoms with Crippen molar-refractivity contribution in [3.05, 3.63) is 51.4 Å². The summed E-state index contributed by atoms with van der Waals surface area (Å²) >= 11 is 14.2. The van der Waals surface area contributed by atoms with Crippen molar-refractivity contribution < 1.29 is 5.11 Å². The van der Waals surface area contributed by atoms with Gasteiger partial charge in [-0.2, -0.15) is 0 Å². The summed E-state index contributed by atoms with van der Waals surface area (Å²) in [5.41, 5.74) is 1.53. The van der Waals surface area contributed by atoms with Crippen molar-refractivity contribution in [1.29, 1.82) is 0 Å². The number of rotatable bonds is 4. The largest absolute Gasteiger partial charge is 0.382 e. The summed E-state index contributed by atoms with van der Waals surface area (Å²) in [6.07, 6.45) is 3.74. The van der Waals surface area contributed by atoms with Crippen LogP contribution >= 0.6 is 34.5 Å². The van der Waals surface area contributed by atoms with Crippen LogP contribution < -0.4 is 0 Å². The quantitative estimate of drug-likeness (QED) is 0.865. The summed E-state index contributed by atoms with van der Waals surface area (Å²) in [6, 6.07) is 7.56. The molecule has 3 rings (SSSR count). The van der Waals surface area contributed by atoms with Gasteiger partial charge >= 0.3 is 0 Å². The average molecular weight is 314 g/mol. The van der Waals surface area contributed by atoms with Crippen LogP contribution in [0.2, 0.25) is 5.02 Å². The minimum absolute atomic E-state index is 0.415. The Morgan fingerprint density at radius 1 is 1.37 bits per heavy atom. The van der Waals surface area contributed by atoms with Gasteiger partial charge in [0.05, 0.1) is 15.3 Å². The fourth-order valence-electron chi connectivity index (χ4n) is 2.33. The molecule has 0 saturated heterocycles. The highest BCUT2D eigenvalue weighted by atomic mass is 35.5. The first-order valence-corrected chi connectivity index (χ1v) is 7.72. The van der Waals surface area contributed by atoms with Crippen LogP contribution in [0.5, 0.6) is 0 Å². The van der Waals surface area contributed by atoms with Crippen molar-refractivity contribution in [2.75, 3.05) is 0 Å². The molecule has 5 heteroatoms. The smallest absolute Gasteiger partial charge is 0.123 e. The van der Waals surface area contributed by atoms with E-state index in [4.69, 9.17) is 23.2 Å². The number of hydrogen-bond donors (Lipinski definition) is 1. The van der Waals surface area contributed by atoms with Crippen molar-refractivity contribution in [2.24, 2.45) is 0 Å². The maximum atomic E-state index is 11.1. The Bertz CT molecular complexity index is 583. The zero-order valence-corrected chi connectivity index (χ0v) is 12.5. The van der Waals surface area contributed by atoms with Crippen LogP contribution in [0, 0.1) is 0 Å². The SMILES string of the molecule is OC(Cc1ccccc1Cl)(c1cncs1)C1(Cl)CC1. The van der Waals surface area contributed by atoms with E-state index in [1.165, 1.54) is 11.3 Å². The second-order valence-corrected chi connectivity index (χ2v) is 6.98. The lowest BCUT2D eigenvalue weighted by Gasteiger charge is -2.32. The molecule has 1 aliphatic rings. The van der Waals surface area contributed by atoms with Gasteiger partial charge in [-0.3, -0.25) is 4.98 Å². The van der Waals surface area contributed by atoms with Gasteiger partial charge in [0.1, 0.15) is 5.60 Å². The molecule has 19 heavy (non-hydrogen) atoms. The predicted molar refractivity (Wildman–Crippen MR) is 79.0 cm³/mol. The standard InChI is InChI=1S/C14H13Cl2NOS/c15-11-4-2-1-3-10(11)7-14(18,13(16)5-6-13)12-8-17-9-19-12/h1-4,8-9,18H,5-7H2. The molecule has 2 aromatic rings. The molecule has 1 fully saturated rings. The highest BCUT2D eigenvalue weighted by Gasteiger charge is 2.59. The van der Waals surface area contributed by atoms with E-state index in [2.05, 4.69) is 4.98 Å². The molecule has 0 spiro atoms. The molecule has 1 aromatic heterocycles. The maximum absolute atomic E-state index is 11.1. The van der Waals surface area contributed by atoms with Gasteiger partial charge in [0.2, 0.25) is 0 Å². The van der Waals surface area contributed by atoms with Gasteiger partial charge in [0.15, 0.2) is 0 Å². The molecule has 1 N–H and O–H groups in total. The Kier molecular flexibility index (Phi) is 3.34. The van der Waals surface area contributed by atoms with Gasteiger partial charge in [-0.05, 0) is 24.5 Å². The van der Waals surface area contributed by atoms with E-state index >= 15 is 0 Å². The van der Waals surface area contributed by atoms with Gasteiger partial charge < -0.3 is 5.11 Å². The van der Waals surface area contributed by atoms with Gasteiger partial charge in [-0.15, -0.1) is 22.9 Å². The van der Waals surface area contributed by atoms with E-state index in [1.54, 1.807) is 11.7 Å². The molecule has 1 aliphatic carbocycles. The molecule has 1 unspecified atom stereocenters. The number of thiazole rings is 1. The Hall–Kier alpha value is -0.610. The average Bonchev–Trinajstić information content (AvgIpc) is 2.95. The third-order valence-corrected chi connectivity index (χ3v) is 5.66. The molecule has 0 aliphatic heterocycles. The van der Waals surface area contributed by atoms with E-state index < -0.39 is 10.5 Å². The number of nitrogens with zero attached hydrogens (tertiary/aromatic N) is 1. The number of aromatic nitrogens is 1. The molecule has 1 aromatic carbocycles. The molecule has 1 heterocycles. The van der Waals surface area contributed by atoms with E-state index in [9.17, 15) is 5.11 Å². The number of alkyl halides is 1. The monoisotopic (exact) mass is 313 g/mol. The number of benzene rings is 1. The second-order valence-electron chi connectivity index (χ2n) is 4.96. The van der Waals surface area contributed by atoms with E-state index in [1.807, 2.05) is 24.3 Å². The van der Waals surface area contributed by atoms with Gasteiger partial charge in [0.25, 0.3) is 0 Å². The van der Waals surface area contributed by atoms with Crippen molar-refractivity contribution >= 4 is 34.5 Å². The van der Waals surface area contributed by atoms with Crippen molar-refractivity contribution in [3.8, 4) is 0 Å². The lowest BCUT2D eigenvalue weighted by atomic mass is 9.88. The zero-order valence-electron chi connectivity index (χ0n) is 10.1. The zero-order chi connectivity index (χ0) is 13.5. The highest BCUT2D eigenvalue weighted by molar-refractivity contribution is 7.09. The lowest BCUT2D eigenvalue weighted by Crippen LogP contribution is -2.39. The Labute approximate surface area is 126 Å². The molecule has 2 nitrogen and oxygen atoms in total. The Morgan fingerprint density at radius 3 is 2.68 bits per heavy atom. The minimum Gasteiger partial charge on any atom is -0.382 e. The summed E-state index contributed by atoms with van der Waals surface area (Å²) in [5.74, 6) is 0. The van der Waals surface area contributed by atoms with Crippen LogP contribution in [-0.2, 0) is 12.0 Å². The summed E-state index contributed by atoms with van der Waals surface area (Å²) in [6.45, 7) is 0. The van der Waals surface area contributed by atoms with Gasteiger partial charge in [0, 0.05) is 17.6 Å². The van der Waals surface area contributed by atoms with Crippen LogP contribution in [0.25, 0.3) is 0 Å². The van der Waals surface area contributed by atoms with E-state index in [0.717, 1.165) is 23.3 Å². The van der Waals surface area contributed by atoms with Crippen molar-refractivity contribution in [1.82, 2.24) is 4.98 Å². The number of hydrogen-bond acceptors (Lipinski definition) is 3. The van der Waals surface area contributed by atoms with Crippen LogP contribution in [-0.4, -0.2) is 15.0 Å². The fourth-order valence-corrected chi connectivity index (χ4v) is 3.67. The fraction of sp³-hybridized carbons (Fsp3) is 0.357. The first-order chi connectivity index (χ1) is 9.05. The van der Waals surface area contributed by atoms with Crippen molar-refractivity contribution in [2.45, 2.75) is 29.7 Å². The second kappa shape index (κ2) is 4.74. The number of halogens is 2. The lowest BCUT2D eigenvalue weighted by molar-refractivity contribution is 0.0274. The van der Waals surface area contributed by atoms with Crippen LogP contribution in [0.1, 0.15) is 23.3 Å². The summed E-state index contributed by atoms with van der Waals surface area (Å²) in [7, 11) is 0. The van der Waals surface area contributed by atoms with E-state index in [-0.39, 0.29) is 0 Å². The van der Waals surface area contributed by atoms with Crippen LogP contribution in [0.15, 0.2) is 36.0 Å². The van der Waals surface area contributed by atoms with Crippen molar-refractivity contribution in [3.63, 3.8) is 0 Å². The summed E-state index contributed by atoms with van der Waals surface area (Å²) < 4.78 is 0. The minimum atomic E-state index is -1.10. The predicted octanol–water partition coefficient (Wildman–Crippen LogP) is 4.00. The molecule has 1 atom stereocenters. The first-order valence-electron chi connectivity index (χ1n) is 6.09. The Morgan fingerprint density at radius 2 is 2.11 bits per heavy atom. The first kappa shape index (κ1) is 13.4. The topological polar surface area (TPSA) is 33.1 Å². The summed E-state index contributed by atoms with van der Waals surface area (Å²) in [4.78, 5) is 4.28. The normalized spacial score (nSPS) is 19.9. The molecule has 0 radical (unpaired) electrons. The summed E-state index contributed by atoms with van der Waals surface area (Å²) in [5, 5.41) is 11.8. The molecule has 100 valence electrons. The third-order valence-electron chi connectivity index (χ3n) is 3.67. The Balaban J connectivity index is 2.00. The molecule has 0 amide bonds. The van der Waals surface area contributed by atoms with Crippen LogP contribution in [0.4, 0.5) is 0 Å². The molecular formula is C14H13Cl2NOS. The molecule has 0 bridgehead atoms. The van der Waals surface area contributed by atoms with Gasteiger partial charge in [-0.25, -0.2) is 0 Å². The van der Waals surface area contributed by atoms with Gasteiger partial charge in [-0.1, -0.05) is 29.8 Å². The molecular weight excluding hydrogens is 301 g/mol. The van der Waals surface area contributed by atoms with Crippen LogP contribution in [0.3, 0.4) is 0 Å². The maximum Gasteiger partial charge on any atom is 0.123 e. The van der Waals surface area contributed by atoms with E-state index in [0.29, 0.717) is 11.4 Å². The molecule has 1 saturated carbocycles. The number of aliphatic hydroxyl groups is 1. The highest BCUT2D eigenvalue weighted by Crippen LogP contribution is 2.57.